The van der Waals surface area contributed by atoms with Crippen LogP contribution < -0.4 is 0 Å². The molecule has 68 heavy (non-hydrogen) atoms. The predicted molar refractivity (Wildman–Crippen MR) is 292 cm³/mol. The van der Waals surface area contributed by atoms with Gasteiger partial charge in [-0.2, -0.15) is 0 Å². The lowest BCUT2D eigenvalue weighted by molar-refractivity contribution is -0.167. The van der Waals surface area contributed by atoms with Crippen molar-refractivity contribution in [2.45, 2.75) is 226 Å². The van der Waals surface area contributed by atoms with Crippen molar-refractivity contribution in [2.75, 3.05) is 13.2 Å². The van der Waals surface area contributed by atoms with Gasteiger partial charge in [-0.15, -0.1) is 0 Å². The standard InChI is InChI=1S/C62H98O6/c1-4-7-10-13-16-19-22-25-28-30-31-32-35-37-40-43-46-49-52-55-61(64)67-58-59(57-66-60(63)54-51-48-45-42-39-36-33-27-24-21-18-15-12-9-6-3)68-62(65)56-53-50-47-44-41-38-34-29-26-23-20-17-14-11-8-5-2/h7-8,10-11,13,16-17,19-22,24-26,28-32,35,37,40,59H,4-6,9,12,14-15,18,23,27,33-34,36,38-39,41-58H2,1-3H3/b10-7-,11-8-,16-13-,20-17-,22-19-,24-21-,28-25-,29-26-,31-30+,35-32-,40-37-. The maximum absolute atomic E-state index is 12.8. The lowest BCUT2D eigenvalue weighted by Crippen LogP contribution is -2.30. The van der Waals surface area contributed by atoms with Crippen LogP contribution in [0.15, 0.2) is 134 Å². The number of carbonyl (C=O) groups is 3. The highest BCUT2D eigenvalue weighted by Crippen LogP contribution is 2.14. The Bertz CT molecular complexity index is 1500. The van der Waals surface area contributed by atoms with Gasteiger partial charge in [0, 0.05) is 19.3 Å². The second-order valence-electron chi connectivity index (χ2n) is 17.6. The summed E-state index contributed by atoms with van der Waals surface area (Å²) in [6, 6.07) is 0. The number of allylic oxidation sites excluding steroid dienone is 22. The Morgan fingerprint density at radius 2 is 0.647 bits per heavy atom. The van der Waals surface area contributed by atoms with E-state index in [1.165, 1.54) is 77.0 Å². The van der Waals surface area contributed by atoms with E-state index in [2.05, 4.69) is 81.5 Å². The Balaban J connectivity index is 4.54. The summed E-state index contributed by atoms with van der Waals surface area (Å²) >= 11 is 0. The minimum Gasteiger partial charge on any atom is -0.462 e. The minimum absolute atomic E-state index is 0.105. The molecule has 0 saturated carbocycles. The molecule has 0 saturated heterocycles. The second kappa shape index (κ2) is 55.1. The number of carbonyl (C=O) groups excluding carboxylic acids is 3. The van der Waals surface area contributed by atoms with Gasteiger partial charge in [0.25, 0.3) is 0 Å². The Kier molecular flexibility index (Phi) is 51.5. The Morgan fingerprint density at radius 3 is 1.10 bits per heavy atom. The van der Waals surface area contributed by atoms with Crippen LogP contribution in [0, 0.1) is 0 Å². The van der Waals surface area contributed by atoms with Crippen LogP contribution in [0.5, 0.6) is 0 Å². The van der Waals surface area contributed by atoms with Gasteiger partial charge >= 0.3 is 17.9 Å². The average Bonchev–Trinajstić information content (AvgIpc) is 3.34. The number of ether oxygens (including phenoxy) is 3. The highest BCUT2D eigenvalue weighted by Gasteiger charge is 2.19. The van der Waals surface area contributed by atoms with Crippen LogP contribution in [-0.4, -0.2) is 37.2 Å². The summed E-state index contributed by atoms with van der Waals surface area (Å²) in [7, 11) is 0. The third kappa shape index (κ3) is 52.5. The first-order valence-corrected chi connectivity index (χ1v) is 27.3. The topological polar surface area (TPSA) is 78.9 Å². The van der Waals surface area contributed by atoms with Crippen LogP contribution in [0.4, 0.5) is 0 Å². The highest BCUT2D eigenvalue weighted by molar-refractivity contribution is 5.71. The molecule has 0 aliphatic carbocycles. The molecule has 6 nitrogen and oxygen atoms in total. The second-order valence-corrected chi connectivity index (χ2v) is 17.6. The molecule has 382 valence electrons. The number of hydrogen-bond donors (Lipinski definition) is 0. The van der Waals surface area contributed by atoms with Gasteiger partial charge < -0.3 is 14.2 Å². The third-order valence-electron chi connectivity index (χ3n) is 11.1. The summed E-state index contributed by atoms with van der Waals surface area (Å²) in [5, 5.41) is 0. The first-order valence-electron chi connectivity index (χ1n) is 27.3. The molecule has 0 aromatic carbocycles. The maximum Gasteiger partial charge on any atom is 0.306 e. The number of hydrogen-bond acceptors (Lipinski definition) is 6. The third-order valence-corrected chi connectivity index (χ3v) is 11.1. The van der Waals surface area contributed by atoms with Crippen molar-refractivity contribution in [3.8, 4) is 0 Å². The number of unbranched alkanes of at least 4 members (excludes halogenated alkanes) is 20. The normalized spacial score (nSPS) is 13.2. The molecule has 1 atom stereocenters. The molecule has 0 bridgehead atoms. The highest BCUT2D eigenvalue weighted by atomic mass is 16.6. The summed E-state index contributed by atoms with van der Waals surface area (Å²) in [4.78, 5) is 38.1. The van der Waals surface area contributed by atoms with E-state index in [-0.39, 0.29) is 31.1 Å². The van der Waals surface area contributed by atoms with Gasteiger partial charge in [0.2, 0.25) is 0 Å². The largest absolute Gasteiger partial charge is 0.462 e. The Labute approximate surface area is 417 Å². The van der Waals surface area contributed by atoms with E-state index in [0.29, 0.717) is 19.3 Å². The Hall–Kier alpha value is -4.45. The van der Waals surface area contributed by atoms with Crippen LogP contribution in [-0.2, 0) is 28.6 Å². The average molecular weight is 939 g/mol. The molecular formula is C62H98O6. The van der Waals surface area contributed by atoms with Crippen molar-refractivity contribution < 1.29 is 28.6 Å². The molecule has 1 unspecified atom stereocenters. The molecule has 0 N–H and O–H groups in total. The van der Waals surface area contributed by atoms with E-state index in [1.54, 1.807) is 0 Å². The first kappa shape index (κ1) is 63.5. The van der Waals surface area contributed by atoms with Crippen molar-refractivity contribution in [1.82, 2.24) is 0 Å². The maximum atomic E-state index is 12.8. The van der Waals surface area contributed by atoms with Crippen molar-refractivity contribution in [3.63, 3.8) is 0 Å². The summed E-state index contributed by atoms with van der Waals surface area (Å²) in [6.45, 7) is 6.30. The van der Waals surface area contributed by atoms with Gasteiger partial charge in [-0.25, -0.2) is 0 Å². The molecule has 0 fully saturated rings. The molecule has 0 amide bonds. The van der Waals surface area contributed by atoms with Crippen LogP contribution in [0.1, 0.15) is 220 Å². The van der Waals surface area contributed by atoms with Crippen LogP contribution in [0.3, 0.4) is 0 Å². The molecule has 0 radical (unpaired) electrons. The zero-order valence-corrected chi connectivity index (χ0v) is 43.6. The SMILES string of the molecule is CC\C=C/C=C\C=C/C=C\C=C\C=C/C=C\CCCCCC(=O)OCC(COC(=O)CCCCCCCCC/C=C\CCCCCC)OC(=O)CCCCCCCC/C=C\C/C=C\C/C=C\CC. The van der Waals surface area contributed by atoms with Crippen molar-refractivity contribution in [3.05, 3.63) is 134 Å². The van der Waals surface area contributed by atoms with Crippen LogP contribution in [0.25, 0.3) is 0 Å². The number of rotatable bonds is 47. The lowest BCUT2D eigenvalue weighted by Gasteiger charge is -2.18. The van der Waals surface area contributed by atoms with Gasteiger partial charge in [-0.05, 0) is 96.3 Å². The van der Waals surface area contributed by atoms with Gasteiger partial charge in [-0.3, -0.25) is 14.4 Å². The van der Waals surface area contributed by atoms with Crippen molar-refractivity contribution in [2.24, 2.45) is 0 Å². The summed E-state index contributed by atoms with van der Waals surface area (Å²) in [5.41, 5.74) is 0. The van der Waals surface area contributed by atoms with E-state index in [9.17, 15) is 14.4 Å². The molecule has 0 spiro atoms. The molecule has 0 aromatic rings. The zero-order valence-electron chi connectivity index (χ0n) is 43.6. The molecule has 6 heteroatoms. The molecule has 0 heterocycles. The zero-order chi connectivity index (χ0) is 49.3. The Morgan fingerprint density at radius 1 is 0.324 bits per heavy atom. The molecular weight excluding hydrogens is 841 g/mol. The van der Waals surface area contributed by atoms with Gasteiger partial charge in [-0.1, -0.05) is 238 Å². The van der Waals surface area contributed by atoms with Crippen LogP contribution in [0.2, 0.25) is 0 Å². The molecule has 0 aromatic heterocycles. The smallest absolute Gasteiger partial charge is 0.306 e. The fraction of sp³-hybridized carbons (Fsp3) is 0.597. The molecule has 0 aliphatic rings. The number of esters is 3. The van der Waals surface area contributed by atoms with Crippen molar-refractivity contribution in [1.29, 1.82) is 0 Å². The van der Waals surface area contributed by atoms with E-state index in [0.717, 1.165) is 103 Å². The monoisotopic (exact) mass is 939 g/mol. The lowest BCUT2D eigenvalue weighted by atomic mass is 10.1. The first-order chi connectivity index (χ1) is 33.5. The van der Waals surface area contributed by atoms with Crippen molar-refractivity contribution >= 4 is 17.9 Å². The fourth-order valence-corrected chi connectivity index (χ4v) is 7.02. The van der Waals surface area contributed by atoms with Gasteiger partial charge in [0.1, 0.15) is 13.2 Å². The van der Waals surface area contributed by atoms with E-state index in [4.69, 9.17) is 14.2 Å². The predicted octanol–water partition coefficient (Wildman–Crippen LogP) is 18.3. The van der Waals surface area contributed by atoms with Crippen LogP contribution >= 0.6 is 0 Å². The molecule has 0 aliphatic heterocycles. The van der Waals surface area contributed by atoms with E-state index in [1.807, 2.05) is 72.9 Å². The minimum atomic E-state index is -0.811. The fourth-order valence-electron chi connectivity index (χ4n) is 7.02. The van der Waals surface area contributed by atoms with E-state index < -0.39 is 6.10 Å². The van der Waals surface area contributed by atoms with Gasteiger partial charge in [0.15, 0.2) is 6.10 Å². The molecule has 0 rings (SSSR count). The van der Waals surface area contributed by atoms with E-state index >= 15 is 0 Å². The summed E-state index contributed by atoms with van der Waals surface area (Å²) < 4.78 is 16.8. The quantitative estimate of drug-likeness (QED) is 0.0199. The van der Waals surface area contributed by atoms with Gasteiger partial charge in [0.05, 0.1) is 0 Å². The summed E-state index contributed by atoms with van der Waals surface area (Å²) in [6.07, 6.45) is 77.1. The summed E-state index contributed by atoms with van der Waals surface area (Å²) in [5.74, 6) is -0.975.